The molecule has 6 aromatic carbocycles. The number of fused-ring (bicyclic) bond motifs is 15. The van der Waals surface area contributed by atoms with Crippen molar-refractivity contribution >= 4 is 55.4 Å². The maximum Gasteiger partial charge on any atom is 0.162 e. The van der Waals surface area contributed by atoms with E-state index in [1.807, 2.05) is 36.4 Å². The monoisotopic (exact) mass is 757 g/mol. The Morgan fingerprint density at radius 3 is 1.62 bits per heavy atom. The van der Waals surface area contributed by atoms with Crippen LogP contribution in [0, 0.1) is 0 Å². The Hall–Kier alpha value is -7.28. The van der Waals surface area contributed by atoms with Gasteiger partial charge in [0.15, 0.2) is 5.82 Å². The molecule has 1 aliphatic heterocycles. The lowest BCUT2D eigenvalue weighted by Crippen LogP contribution is -2.32. The summed E-state index contributed by atoms with van der Waals surface area (Å²) < 4.78 is 4.71. The maximum absolute atomic E-state index is 5.11. The van der Waals surface area contributed by atoms with E-state index in [-0.39, 0.29) is 0 Å². The van der Waals surface area contributed by atoms with Crippen molar-refractivity contribution < 1.29 is 0 Å². The highest BCUT2D eigenvalue weighted by molar-refractivity contribution is 7.99. The first-order chi connectivity index (χ1) is 28.8. The number of pyridine rings is 3. The van der Waals surface area contributed by atoms with E-state index in [0.717, 1.165) is 45.0 Å². The Balaban J connectivity index is 1.03. The van der Waals surface area contributed by atoms with Gasteiger partial charge in [-0.3, -0.25) is 14.5 Å². The number of aromatic nitrogens is 5. The third-order valence-corrected chi connectivity index (χ3v) is 13.5. The van der Waals surface area contributed by atoms with Crippen molar-refractivity contribution in [1.82, 2.24) is 24.1 Å². The molecule has 0 amide bonds. The molecule has 6 heteroatoms. The second-order valence-corrected chi connectivity index (χ2v) is 16.2. The molecule has 270 valence electrons. The fraction of sp³-hybridized carbons (Fsp3) is 0.0192. The first-order valence-electron chi connectivity index (χ1n) is 19.6. The van der Waals surface area contributed by atoms with Crippen LogP contribution in [0.2, 0.25) is 0 Å². The summed E-state index contributed by atoms with van der Waals surface area (Å²) in [6, 6.07) is 61.7. The minimum absolute atomic E-state index is 0.538. The number of para-hydroxylation sites is 3. The van der Waals surface area contributed by atoms with Crippen LogP contribution in [-0.4, -0.2) is 24.1 Å². The summed E-state index contributed by atoms with van der Waals surface area (Å²) in [5, 5.41) is 4.83. The van der Waals surface area contributed by atoms with Crippen molar-refractivity contribution in [2.75, 3.05) is 0 Å². The molecule has 0 N–H and O–H groups in total. The summed E-state index contributed by atoms with van der Waals surface area (Å²) in [4.78, 5) is 17.5. The molecule has 6 heterocycles. The highest BCUT2D eigenvalue weighted by Crippen LogP contribution is 2.61. The van der Waals surface area contributed by atoms with Crippen molar-refractivity contribution in [2.24, 2.45) is 0 Å². The molecule has 1 spiro atoms. The Kier molecular flexibility index (Phi) is 6.52. The molecular formula is C52H31N5S. The Bertz CT molecular complexity index is 3420. The molecule has 2 aliphatic rings. The number of nitrogens with zero attached hydrogens (tertiary/aromatic N) is 5. The lowest BCUT2D eigenvalue weighted by atomic mass is 9.67. The van der Waals surface area contributed by atoms with E-state index in [9.17, 15) is 0 Å². The number of hydrogen-bond donors (Lipinski definition) is 0. The highest BCUT2D eigenvalue weighted by Gasteiger charge is 2.51. The van der Waals surface area contributed by atoms with Crippen LogP contribution in [0.15, 0.2) is 198 Å². The van der Waals surface area contributed by atoms with E-state index in [1.165, 1.54) is 64.7 Å². The van der Waals surface area contributed by atoms with Gasteiger partial charge >= 0.3 is 0 Å². The first kappa shape index (κ1) is 31.9. The predicted octanol–water partition coefficient (Wildman–Crippen LogP) is 12.6. The van der Waals surface area contributed by atoms with E-state index in [2.05, 4.69) is 173 Å². The van der Waals surface area contributed by atoms with Crippen molar-refractivity contribution in [3.63, 3.8) is 0 Å². The Morgan fingerprint density at radius 2 is 0.897 bits per heavy atom. The summed E-state index contributed by atoms with van der Waals surface area (Å²) in [5.74, 6) is 0.894. The van der Waals surface area contributed by atoms with Crippen LogP contribution in [-0.2, 0) is 5.41 Å². The minimum Gasteiger partial charge on any atom is -0.306 e. The molecule has 0 unspecified atom stereocenters. The minimum atomic E-state index is -0.538. The molecule has 0 fully saturated rings. The summed E-state index contributed by atoms with van der Waals surface area (Å²) >= 11 is 1.85. The van der Waals surface area contributed by atoms with Crippen molar-refractivity contribution in [1.29, 1.82) is 0 Å². The zero-order chi connectivity index (χ0) is 38.0. The number of rotatable bonds is 3. The second-order valence-electron chi connectivity index (χ2n) is 15.2. The standard InChI is InChI=1S/C52H31N5S/c1-6-19-43-34(12-1)35-13-2-7-20-44(35)57(43)51-46(21-11-29-55-51)56-42-18-5-3-14-36(42)37-30-32(23-25-45(37)56)33-24-26-48-41(31-33)52(38-15-4-8-22-47(38)58-48)39-16-9-27-53-49(39)50-40(52)17-10-28-54-50/h1-31H. The zero-order valence-electron chi connectivity index (χ0n) is 31.0. The van der Waals surface area contributed by atoms with Gasteiger partial charge in [0.05, 0.1) is 44.6 Å². The van der Waals surface area contributed by atoms with Gasteiger partial charge in [0.1, 0.15) is 0 Å². The lowest BCUT2D eigenvalue weighted by Gasteiger charge is -2.39. The van der Waals surface area contributed by atoms with Gasteiger partial charge in [0.2, 0.25) is 0 Å². The summed E-state index contributed by atoms with van der Waals surface area (Å²) in [6.45, 7) is 0. The van der Waals surface area contributed by atoms with Crippen molar-refractivity contribution in [2.45, 2.75) is 15.2 Å². The summed E-state index contributed by atoms with van der Waals surface area (Å²) in [5.41, 5.74) is 14.2. The van der Waals surface area contributed by atoms with Gasteiger partial charge in [-0.05, 0) is 106 Å². The van der Waals surface area contributed by atoms with Crippen LogP contribution < -0.4 is 0 Å². The molecule has 13 rings (SSSR count). The zero-order valence-corrected chi connectivity index (χ0v) is 31.9. The van der Waals surface area contributed by atoms with Crippen LogP contribution in [0.5, 0.6) is 0 Å². The quantitative estimate of drug-likeness (QED) is 0.180. The molecule has 0 radical (unpaired) electrons. The SMILES string of the molecule is c1ccc2c(c1)Sc1ccc(-c3ccc4c(c3)c3ccccc3n4-c3cccnc3-n3c4ccccc4c4ccccc43)cc1C21c2cccnc2-c2ncccc21. The molecule has 5 aromatic heterocycles. The predicted molar refractivity (Wildman–Crippen MR) is 235 cm³/mol. The van der Waals surface area contributed by atoms with Crippen LogP contribution in [0.25, 0.3) is 77.6 Å². The highest BCUT2D eigenvalue weighted by atomic mass is 32.2. The third kappa shape index (κ3) is 4.14. The van der Waals surface area contributed by atoms with Gasteiger partial charge in [-0.25, -0.2) is 4.98 Å². The van der Waals surface area contributed by atoms with E-state index in [4.69, 9.17) is 15.0 Å². The lowest BCUT2D eigenvalue weighted by molar-refractivity contribution is 0.720. The van der Waals surface area contributed by atoms with E-state index in [0.29, 0.717) is 0 Å². The average Bonchev–Trinajstić information content (AvgIpc) is 3.91. The average molecular weight is 758 g/mol. The van der Waals surface area contributed by atoms with Crippen molar-refractivity contribution in [3.05, 3.63) is 211 Å². The smallest absolute Gasteiger partial charge is 0.162 e. The molecule has 0 saturated heterocycles. The van der Waals surface area contributed by atoms with Gasteiger partial charge < -0.3 is 4.57 Å². The van der Waals surface area contributed by atoms with Crippen molar-refractivity contribution in [3.8, 4) is 34.0 Å². The van der Waals surface area contributed by atoms with Crippen LogP contribution in [0.3, 0.4) is 0 Å². The topological polar surface area (TPSA) is 48.5 Å². The fourth-order valence-electron chi connectivity index (χ4n) is 10.0. The van der Waals surface area contributed by atoms with E-state index < -0.39 is 5.41 Å². The van der Waals surface area contributed by atoms with Crippen LogP contribution in [0.4, 0.5) is 0 Å². The van der Waals surface area contributed by atoms with Gasteiger partial charge in [-0.2, -0.15) is 0 Å². The molecular weight excluding hydrogens is 727 g/mol. The van der Waals surface area contributed by atoms with E-state index >= 15 is 0 Å². The number of hydrogen-bond acceptors (Lipinski definition) is 4. The summed E-state index contributed by atoms with van der Waals surface area (Å²) in [6.07, 6.45) is 5.68. The molecule has 0 bridgehead atoms. The fourth-order valence-corrected chi connectivity index (χ4v) is 11.2. The molecule has 58 heavy (non-hydrogen) atoms. The molecule has 0 saturated carbocycles. The molecule has 11 aromatic rings. The van der Waals surface area contributed by atoms with E-state index in [1.54, 1.807) is 0 Å². The Morgan fingerprint density at radius 1 is 0.379 bits per heavy atom. The van der Waals surface area contributed by atoms with Crippen LogP contribution in [0.1, 0.15) is 22.3 Å². The van der Waals surface area contributed by atoms with Gasteiger partial charge in [0.25, 0.3) is 0 Å². The largest absolute Gasteiger partial charge is 0.306 e. The molecule has 5 nitrogen and oxygen atoms in total. The molecule has 0 atom stereocenters. The van der Waals surface area contributed by atoms with Crippen LogP contribution >= 0.6 is 11.8 Å². The maximum atomic E-state index is 5.11. The number of benzene rings is 6. The van der Waals surface area contributed by atoms with Gasteiger partial charge in [-0.1, -0.05) is 109 Å². The molecule has 1 aliphatic carbocycles. The first-order valence-corrected chi connectivity index (χ1v) is 20.4. The third-order valence-electron chi connectivity index (χ3n) is 12.3. The summed E-state index contributed by atoms with van der Waals surface area (Å²) in [7, 11) is 0. The Labute approximate surface area is 337 Å². The normalized spacial score (nSPS) is 13.6. The second kappa shape index (κ2) is 11.9. The van der Waals surface area contributed by atoms with Gasteiger partial charge in [0, 0.05) is 49.9 Å². The van der Waals surface area contributed by atoms with Gasteiger partial charge in [-0.15, -0.1) is 0 Å².